The van der Waals surface area contributed by atoms with Gasteiger partial charge < -0.3 is 15.3 Å². The molecule has 26 heavy (non-hydrogen) atoms. The average Bonchev–Trinajstić information content (AvgIpc) is 2.67. The lowest BCUT2D eigenvalue weighted by atomic mass is 9.90. The molecule has 3 rings (SSSR count). The van der Waals surface area contributed by atoms with Gasteiger partial charge in [-0.3, -0.25) is 0 Å². The van der Waals surface area contributed by atoms with Gasteiger partial charge in [-0.15, -0.1) is 0 Å². The molecular weight excluding hydrogens is 331 g/mol. The third-order valence-corrected chi connectivity index (χ3v) is 5.04. The summed E-state index contributed by atoms with van der Waals surface area (Å²) in [5.41, 5.74) is 2.13. The monoisotopic (exact) mass is 356 g/mol. The van der Waals surface area contributed by atoms with Crippen molar-refractivity contribution in [2.24, 2.45) is 5.92 Å². The van der Waals surface area contributed by atoms with Crippen molar-refractivity contribution in [1.29, 1.82) is 0 Å². The first kappa shape index (κ1) is 18.2. The Kier molecular flexibility index (Phi) is 6.10. The zero-order valence-corrected chi connectivity index (χ0v) is 14.8. The van der Waals surface area contributed by atoms with Crippen LogP contribution in [0.3, 0.4) is 0 Å². The number of urea groups is 1. The Morgan fingerprint density at radius 1 is 1.04 bits per heavy atom. The van der Waals surface area contributed by atoms with Gasteiger partial charge in [0.1, 0.15) is 11.6 Å². The number of hydrogen-bond acceptors (Lipinski definition) is 2. The lowest BCUT2D eigenvalue weighted by Crippen LogP contribution is -2.44. The first-order valence-electron chi connectivity index (χ1n) is 9.15. The van der Waals surface area contributed by atoms with Crippen LogP contribution in [-0.4, -0.2) is 29.1 Å². The van der Waals surface area contributed by atoms with E-state index < -0.39 is 0 Å². The Hall–Kier alpha value is -2.56. The molecule has 0 atom stereocenters. The number of carbonyl (C=O) groups excluding carboxylic acids is 1. The van der Waals surface area contributed by atoms with Crippen LogP contribution in [0, 0.1) is 11.7 Å². The standard InChI is InChI=1S/C21H25FN2O2/c22-19-7-3-18(4-8-19)15-23-21(26)24-13-11-17(12-14-24)2-1-16-5-9-20(25)10-6-16/h3-10,17,25H,1-2,11-15H2,(H,23,26). The highest BCUT2D eigenvalue weighted by Crippen LogP contribution is 2.23. The van der Waals surface area contributed by atoms with Crippen molar-refractivity contribution in [2.75, 3.05) is 13.1 Å². The smallest absolute Gasteiger partial charge is 0.317 e. The van der Waals surface area contributed by atoms with E-state index in [0.717, 1.165) is 44.3 Å². The van der Waals surface area contributed by atoms with Gasteiger partial charge in [-0.2, -0.15) is 0 Å². The molecule has 4 nitrogen and oxygen atoms in total. The molecule has 0 spiro atoms. The van der Waals surface area contributed by atoms with E-state index in [1.165, 1.54) is 17.7 Å². The van der Waals surface area contributed by atoms with Crippen LogP contribution in [0.4, 0.5) is 9.18 Å². The van der Waals surface area contributed by atoms with Crippen LogP contribution in [0.1, 0.15) is 30.4 Å². The normalized spacial score (nSPS) is 15.0. The van der Waals surface area contributed by atoms with E-state index in [1.807, 2.05) is 17.0 Å². The van der Waals surface area contributed by atoms with E-state index in [9.17, 15) is 14.3 Å². The van der Waals surface area contributed by atoms with Gasteiger partial charge in [0, 0.05) is 19.6 Å². The second-order valence-corrected chi connectivity index (χ2v) is 6.92. The number of nitrogens with zero attached hydrogens (tertiary/aromatic N) is 1. The van der Waals surface area contributed by atoms with Crippen molar-refractivity contribution >= 4 is 6.03 Å². The maximum Gasteiger partial charge on any atom is 0.317 e. The molecule has 1 fully saturated rings. The SMILES string of the molecule is O=C(NCc1ccc(F)cc1)N1CCC(CCc2ccc(O)cc2)CC1. The molecule has 1 aliphatic heterocycles. The number of piperidine rings is 1. The topological polar surface area (TPSA) is 52.6 Å². The van der Waals surface area contributed by atoms with Gasteiger partial charge >= 0.3 is 6.03 Å². The van der Waals surface area contributed by atoms with Crippen molar-refractivity contribution in [1.82, 2.24) is 10.2 Å². The van der Waals surface area contributed by atoms with E-state index in [4.69, 9.17) is 0 Å². The molecule has 1 heterocycles. The van der Waals surface area contributed by atoms with E-state index in [2.05, 4.69) is 5.32 Å². The summed E-state index contributed by atoms with van der Waals surface area (Å²) in [5.74, 6) is 0.660. The molecule has 2 aromatic carbocycles. The van der Waals surface area contributed by atoms with Crippen LogP contribution < -0.4 is 5.32 Å². The minimum absolute atomic E-state index is 0.0497. The number of amides is 2. The van der Waals surface area contributed by atoms with Gasteiger partial charge in [-0.05, 0) is 67.0 Å². The van der Waals surface area contributed by atoms with Crippen LogP contribution in [0.15, 0.2) is 48.5 Å². The summed E-state index contributed by atoms with van der Waals surface area (Å²) in [6.07, 6.45) is 4.14. The Bertz CT molecular complexity index is 708. The molecule has 0 saturated carbocycles. The first-order chi connectivity index (χ1) is 12.6. The molecule has 138 valence electrons. The Balaban J connectivity index is 1.38. The Morgan fingerprint density at radius 3 is 2.31 bits per heavy atom. The van der Waals surface area contributed by atoms with Crippen LogP contribution in [0.5, 0.6) is 5.75 Å². The minimum atomic E-state index is -0.269. The van der Waals surface area contributed by atoms with Crippen molar-refractivity contribution in [3.05, 3.63) is 65.5 Å². The second kappa shape index (κ2) is 8.70. The van der Waals surface area contributed by atoms with E-state index in [-0.39, 0.29) is 11.8 Å². The molecule has 0 unspecified atom stereocenters. The number of phenols is 1. The largest absolute Gasteiger partial charge is 0.508 e. The molecule has 0 bridgehead atoms. The van der Waals surface area contributed by atoms with Gasteiger partial charge in [0.05, 0.1) is 0 Å². The molecular formula is C21H25FN2O2. The fourth-order valence-corrected chi connectivity index (χ4v) is 3.35. The van der Waals surface area contributed by atoms with Gasteiger partial charge in [0.2, 0.25) is 0 Å². The number of aromatic hydroxyl groups is 1. The number of hydrogen-bond donors (Lipinski definition) is 2. The van der Waals surface area contributed by atoms with Gasteiger partial charge in [0.15, 0.2) is 0 Å². The summed E-state index contributed by atoms with van der Waals surface area (Å²) in [6.45, 7) is 1.96. The van der Waals surface area contributed by atoms with Crippen molar-refractivity contribution in [3.8, 4) is 5.75 Å². The van der Waals surface area contributed by atoms with Crippen LogP contribution >= 0.6 is 0 Å². The van der Waals surface area contributed by atoms with Gasteiger partial charge in [0.25, 0.3) is 0 Å². The molecule has 0 aliphatic carbocycles. The summed E-state index contributed by atoms with van der Waals surface area (Å²) in [4.78, 5) is 14.1. The summed E-state index contributed by atoms with van der Waals surface area (Å²) in [5, 5.41) is 12.2. The maximum absolute atomic E-state index is 12.9. The molecule has 2 amide bonds. The van der Waals surface area contributed by atoms with Gasteiger partial charge in [-0.1, -0.05) is 24.3 Å². The predicted molar refractivity (Wildman–Crippen MR) is 99.4 cm³/mol. The maximum atomic E-state index is 12.9. The van der Waals surface area contributed by atoms with E-state index in [1.54, 1.807) is 24.3 Å². The number of carbonyl (C=O) groups is 1. The molecule has 5 heteroatoms. The summed E-state index contributed by atoms with van der Waals surface area (Å²) >= 11 is 0. The highest BCUT2D eigenvalue weighted by atomic mass is 19.1. The van der Waals surface area contributed by atoms with Crippen molar-refractivity contribution < 1.29 is 14.3 Å². The van der Waals surface area contributed by atoms with Crippen LogP contribution in [-0.2, 0) is 13.0 Å². The predicted octanol–water partition coefficient (Wildman–Crippen LogP) is 4.09. The summed E-state index contributed by atoms with van der Waals surface area (Å²) in [6, 6.07) is 13.5. The van der Waals surface area contributed by atoms with Gasteiger partial charge in [-0.25, -0.2) is 9.18 Å². The lowest BCUT2D eigenvalue weighted by molar-refractivity contribution is 0.168. The molecule has 2 aromatic rings. The van der Waals surface area contributed by atoms with Crippen LogP contribution in [0.25, 0.3) is 0 Å². The fourth-order valence-electron chi connectivity index (χ4n) is 3.35. The van der Waals surface area contributed by atoms with Crippen molar-refractivity contribution in [3.63, 3.8) is 0 Å². The summed E-state index contributed by atoms with van der Waals surface area (Å²) < 4.78 is 12.9. The highest BCUT2D eigenvalue weighted by molar-refractivity contribution is 5.74. The van der Waals surface area contributed by atoms with Crippen LogP contribution in [0.2, 0.25) is 0 Å². The number of halogens is 1. The summed E-state index contributed by atoms with van der Waals surface area (Å²) in [7, 11) is 0. The number of benzene rings is 2. The average molecular weight is 356 g/mol. The fraction of sp³-hybridized carbons (Fsp3) is 0.381. The van der Waals surface area contributed by atoms with Crippen molar-refractivity contribution in [2.45, 2.75) is 32.2 Å². The Morgan fingerprint density at radius 2 is 1.65 bits per heavy atom. The zero-order chi connectivity index (χ0) is 18.4. The lowest BCUT2D eigenvalue weighted by Gasteiger charge is -2.32. The minimum Gasteiger partial charge on any atom is -0.508 e. The molecule has 1 aliphatic rings. The van der Waals surface area contributed by atoms with E-state index in [0.29, 0.717) is 18.2 Å². The number of likely N-dealkylation sites (tertiary alicyclic amines) is 1. The highest BCUT2D eigenvalue weighted by Gasteiger charge is 2.22. The third kappa shape index (κ3) is 5.22. The third-order valence-electron chi connectivity index (χ3n) is 5.04. The Labute approximate surface area is 153 Å². The number of phenolic OH excluding ortho intramolecular Hbond substituents is 1. The molecule has 1 saturated heterocycles. The number of rotatable bonds is 5. The number of aryl methyl sites for hydroxylation is 1. The molecule has 0 aromatic heterocycles. The second-order valence-electron chi connectivity index (χ2n) is 6.92. The van der Waals surface area contributed by atoms with E-state index >= 15 is 0 Å². The number of nitrogens with one attached hydrogen (secondary N) is 1. The molecule has 2 N–H and O–H groups in total. The zero-order valence-electron chi connectivity index (χ0n) is 14.8. The quantitative estimate of drug-likeness (QED) is 0.848. The molecule has 0 radical (unpaired) electrons. The first-order valence-corrected chi connectivity index (χ1v) is 9.15.